The Labute approximate surface area is 159 Å². The smallest absolute Gasteiger partial charge is 0.235 e. The first kappa shape index (κ1) is 16.4. The molecular formula is C18H19N7OS. The van der Waals surface area contributed by atoms with Gasteiger partial charge >= 0.3 is 0 Å². The Balaban J connectivity index is 1.57. The van der Waals surface area contributed by atoms with Crippen LogP contribution in [-0.4, -0.2) is 34.6 Å². The van der Waals surface area contributed by atoms with Crippen molar-refractivity contribution in [3.63, 3.8) is 0 Å². The van der Waals surface area contributed by atoms with Crippen LogP contribution in [-0.2, 0) is 13.7 Å². The van der Waals surface area contributed by atoms with Crippen LogP contribution in [0.4, 0.5) is 0 Å². The molecule has 4 heterocycles. The molecule has 4 aromatic rings. The van der Waals surface area contributed by atoms with E-state index in [1.165, 1.54) is 19.2 Å². The first-order valence-corrected chi connectivity index (χ1v) is 9.93. The Kier molecular flexibility index (Phi) is 4.08. The lowest BCUT2D eigenvalue weighted by Gasteiger charge is -2.15. The number of rotatable bonds is 5. The fourth-order valence-corrected chi connectivity index (χ4v) is 4.31. The molecule has 1 aliphatic rings. The van der Waals surface area contributed by atoms with Crippen LogP contribution in [0.2, 0.25) is 0 Å². The summed E-state index contributed by atoms with van der Waals surface area (Å²) in [7, 11) is 1.86. The van der Waals surface area contributed by atoms with Crippen molar-refractivity contribution in [3.8, 4) is 16.6 Å². The average molecular weight is 381 g/mol. The van der Waals surface area contributed by atoms with Crippen LogP contribution >= 0.6 is 11.3 Å². The number of nitrogens with zero attached hydrogens (tertiary/aromatic N) is 7. The minimum Gasteiger partial charge on any atom is -0.468 e. The van der Waals surface area contributed by atoms with Gasteiger partial charge in [-0.05, 0) is 36.3 Å². The van der Waals surface area contributed by atoms with Crippen molar-refractivity contribution in [1.82, 2.24) is 34.6 Å². The third kappa shape index (κ3) is 2.97. The number of aryl methyl sites for hydroxylation is 1. The van der Waals surface area contributed by atoms with Crippen molar-refractivity contribution < 1.29 is 4.74 Å². The lowest BCUT2D eigenvalue weighted by molar-refractivity contribution is 0.269. The summed E-state index contributed by atoms with van der Waals surface area (Å²) in [5.41, 5.74) is 1.87. The molecule has 0 atom stereocenters. The molecular weight excluding hydrogens is 362 g/mol. The predicted octanol–water partition coefficient (Wildman–Crippen LogP) is 3.22. The molecule has 0 spiro atoms. The highest BCUT2D eigenvalue weighted by molar-refractivity contribution is 7.13. The van der Waals surface area contributed by atoms with Crippen molar-refractivity contribution in [2.75, 3.05) is 0 Å². The number of aromatic nitrogens is 7. The summed E-state index contributed by atoms with van der Waals surface area (Å²) in [4.78, 5) is 5.27. The maximum Gasteiger partial charge on any atom is 0.235 e. The highest BCUT2D eigenvalue weighted by Crippen LogP contribution is 2.39. The highest BCUT2D eigenvalue weighted by atomic mass is 32.1. The van der Waals surface area contributed by atoms with Crippen molar-refractivity contribution in [1.29, 1.82) is 0 Å². The molecule has 0 bridgehead atoms. The third-order valence-electron chi connectivity index (χ3n) is 5.07. The second-order valence-corrected chi connectivity index (χ2v) is 7.69. The SMILES string of the molecule is Cn1ncnc1COc1nn2c(-c3cccs3)nnc2cc1C1CCCC1. The van der Waals surface area contributed by atoms with Gasteiger partial charge < -0.3 is 4.74 Å². The molecule has 1 fully saturated rings. The topological polar surface area (TPSA) is 83.0 Å². The van der Waals surface area contributed by atoms with Crippen LogP contribution in [0.15, 0.2) is 29.9 Å². The number of hydrogen-bond donors (Lipinski definition) is 0. The van der Waals surface area contributed by atoms with Gasteiger partial charge in [0.2, 0.25) is 5.88 Å². The fraction of sp³-hybridized carbons (Fsp3) is 0.389. The Morgan fingerprint density at radius 1 is 1.26 bits per heavy atom. The van der Waals surface area contributed by atoms with Gasteiger partial charge in [-0.2, -0.15) is 9.61 Å². The van der Waals surface area contributed by atoms with Crippen molar-refractivity contribution >= 4 is 17.0 Å². The molecule has 1 aliphatic carbocycles. The third-order valence-corrected chi connectivity index (χ3v) is 5.93. The molecule has 0 amide bonds. The van der Waals surface area contributed by atoms with Gasteiger partial charge in [-0.15, -0.1) is 26.6 Å². The van der Waals surface area contributed by atoms with E-state index in [2.05, 4.69) is 26.3 Å². The summed E-state index contributed by atoms with van der Waals surface area (Å²) in [6.45, 7) is 0.325. The summed E-state index contributed by atoms with van der Waals surface area (Å²) >= 11 is 1.62. The molecule has 4 aromatic heterocycles. The van der Waals surface area contributed by atoms with Crippen LogP contribution in [0.1, 0.15) is 43.0 Å². The van der Waals surface area contributed by atoms with E-state index in [9.17, 15) is 0 Å². The summed E-state index contributed by atoms with van der Waals surface area (Å²) < 4.78 is 9.60. The normalized spacial score (nSPS) is 15.0. The second-order valence-electron chi connectivity index (χ2n) is 6.75. The van der Waals surface area contributed by atoms with Gasteiger partial charge in [-0.1, -0.05) is 18.9 Å². The highest BCUT2D eigenvalue weighted by Gasteiger charge is 2.24. The molecule has 5 rings (SSSR count). The Hall–Kier alpha value is -2.81. The second kappa shape index (κ2) is 6.73. The summed E-state index contributed by atoms with van der Waals surface area (Å²) in [5.74, 6) is 2.59. The molecule has 0 aromatic carbocycles. The van der Waals surface area contributed by atoms with Gasteiger partial charge in [0, 0.05) is 12.6 Å². The molecule has 8 nitrogen and oxygen atoms in total. The molecule has 0 radical (unpaired) electrons. The summed E-state index contributed by atoms with van der Waals surface area (Å²) in [6, 6.07) is 6.10. The zero-order valence-corrected chi connectivity index (χ0v) is 15.8. The minimum atomic E-state index is 0.325. The van der Waals surface area contributed by atoms with E-state index in [4.69, 9.17) is 9.84 Å². The molecule has 9 heteroatoms. The van der Waals surface area contributed by atoms with Crippen molar-refractivity contribution in [3.05, 3.63) is 41.3 Å². The number of thiophene rings is 1. The number of ether oxygens (including phenoxy) is 1. The fourth-order valence-electron chi connectivity index (χ4n) is 3.61. The number of hydrogen-bond acceptors (Lipinski definition) is 7. The summed E-state index contributed by atoms with van der Waals surface area (Å²) in [6.07, 6.45) is 6.33. The minimum absolute atomic E-state index is 0.325. The average Bonchev–Trinajstić information content (AvgIpc) is 3.45. The zero-order chi connectivity index (χ0) is 18.2. The van der Waals surface area contributed by atoms with Gasteiger partial charge in [-0.25, -0.2) is 4.98 Å². The quantitative estimate of drug-likeness (QED) is 0.528. The summed E-state index contributed by atoms with van der Waals surface area (Å²) in [5, 5.41) is 19.6. The van der Waals surface area contributed by atoms with Gasteiger partial charge in [-0.3, -0.25) is 4.68 Å². The van der Waals surface area contributed by atoms with Gasteiger partial charge in [0.1, 0.15) is 12.9 Å². The molecule has 0 N–H and O–H groups in total. The number of fused-ring (bicyclic) bond motifs is 1. The van der Waals surface area contributed by atoms with Crippen LogP contribution in [0.3, 0.4) is 0 Å². The molecule has 138 valence electrons. The van der Waals surface area contributed by atoms with E-state index in [1.807, 2.05) is 24.6 Å². The van der Waals surface area contributed by atoms with E-state index in [1.54, 1.807) is 20.5 Å². The molecule has 1 saturated carbocycles. The molecule has 0 unspecified atom stereocenters. The van der Waals surface area contributed by atoms with Crippen LogP contribution in [0.25, 0.3) is 16.3 Å². The van der Waals surface area contributed by atoms with Crippen molar-refractivity contribution in [2.24, 2.45) is 7.05 Å². The van der Waals surface area contributed by atoms with E-state index in [0.29, 0.717) is 18.4 Å². The van der Waals surface area contributed by atoms with E-state index >= 15 is 0 Å². The monoisotopic (exact) mass is 381 g/mol. The Morgan fingerprint density at radius 3 is 2.89 bits per heavy atom. The molecule has 0 saturated heterocycles. The van der Waals surface area contributed by atoms with Gasteiger partial charge in [0.25, 0.3) is 0 Å². The first-order chi connectivity index (χ1) is 13.3. The van der Waals surface area contributed by atoms with Crippen LogP contribution in [0, 0.1) is 0 Å². The predicted molar refractivity (Wildman–Crippen MR) is 101 cm³/mol. The van der Waals surface area contributed by atoms with Crippen LogP contribution < -0.4 is 4.74 Å². The molecule has 0 aliphatic heterocycles. The zero-order valence-electron chi connectivity index (χ0n) is 14.9. The standard InChI is InChI=1S/C18H19N7OS/c1-24-16(19-11-20-24)10-26-18-13(12-5-2-3-6-12)9-15-21-22-17(25(15)23-18)14-7-4-8-27-14/h4,7-9,11-12H,2-3,5-6,10H2,1H3. The largest absolute Gasteiger partial charge is 0.468 e. The van der Waals surface area contributed by atoms with E-state index in [0.717, 1.165) is 40.6 Å². The van der Waals surface area contributed by atoms with E-state index < -0.39 is 0 Å². The van der Waals surface area contributed by atoms with Gasteiger partial charge in [0.05, 0.1) is 4.88 Å². The van der Waals surface area contributed by atoms with Crippen molar-refractivity contribution in [2.45, 2.75) is 38.2 Å². The maximum absolute atomic E-state index is 6.12. The Bertz CT molecular complexity index is 1060. The first-order valence-electron chi connectivity index (χ1n) is 9.05. The molecule has 27 heavy (non-hydrogen) atoms. The van der Waals surface area contributed by atoms with Crippen LogP contribution in [0.5, 0.6) is 5.88 Å². The van der Waals surface area contributed by atoms with E-state index in [-0.39, 0.29) is 0 Å². The maximum atomic E-state index is 6.12. The Morgan fingerprint density at radius 2 is 2.15 bits per heavy atom. The lowest BCUT2D eigenvalue weighted by Crippen LogP contribution is -2.10. The lowest BCUT2D eigenvalue weighted by atomic mass is 9.99. The van der Waals surface area contributed by atoms with Gasteiger partial charge in [0.15, 0.2) is 17.3 Å².